The molecule has 0 aromatic heterocycles. The fraction of sp³-hybridized carbons (Fsp3) is 0.364. The lowest BCUT2D eigenvalue weighted by atomic mass is 10.2. The second-order valence-electron chi connectivity index (χ2n) is 4.22. The van der Waals surface area contributed by atoms with Crippen molar-refractivity contribution in [1.82, 2.24) is 4.31 Å². The number of rotatable bonds is 5. The molecule has 1 aliphatic heterocycles. The van der Waals surface area contributed by atoms with Crippen LogP contribution in [-0.2, 0) is 10.0 Å². The third kappa shape index (κ3) is 2.42. The van der Waals surface area contributed by atoms with Gasteiger partial charge in [0.25, 0.3) is 21.6 Å². The summed E-state index contributed by atoms with van der Waals surface area (Å²) in [5.74, 6) is -0.621. The minimum atomic E-state index is -3.97. The predicted octanol–water partition coefficient (Wildman–Crippen LogP) is 1.91. The van der Waals surface area contributed by atoms with Gasteiger partial charge in [-0.1, -0.05) is 15.9 Å². The number of carbonyl (C=O) groups is 1. The van der Waals surface area contributed by atoms with Crippen molar-refractivity contribution in [2.75, 3.05) is 11.9 Å². The highest BCUT2D eigenvalue weighted by molar-refractivity contribution is 9.09. The van der Waals surface area contributed by atoms with Crippen LogP contribution < -0.4 is 0 Å². The van der Waals surface area contributed by atoms with Gasteiger partial charge in [-0.25, -0.2) is 12.7 Å². The lowest BCUT2D eigenvalue weighted by Crippen LogP contribution is -2.31. The Balaban J connectivity index is 2.40. The van der Waals surface area contributed by atoms with E-state index in [1.165, 1.54) is 6.07 Å². The van der Waals surface area contributed by atoms with Gasteiger partial charge in [0, 0.05) is 24.0 Å². The third-order valence-corrected chi connectivity index (χ3v) is 5.33. The van der Waals surface area contributed by atoms with Crippen LogP contribution in [0.15, 0.2) is 23.1 Å². The average Bonchev–Trinajstić information content (AvgIpc) is 2.59. The summed E-state index contributed by atoms with van der Waals surface area (Å²) in [5.41, 5.74) is -0.350. The Hall–Kier alpha value is -1.48. The standard InChI is InChI=1S/C11H11BrN2O5S/c12-5-1-2-6-13-11(15)9-4-3-8(14(16)17)7-10(9)20(13,18)19/h3-4,7H,1-2,5-6H2. The number of alkyl halides is 1. The number of amides is 1. The molecule has 1 aromatic rings. The van der Waals surface area contributed by atoms with E-state index in [9.17, 15) is 23.3 Å². The Labute approximate surface area is 123 Å². The van der Waals surface area contributed by atoms with Crippen LogP contribution in [0.3, 0.4) is 0 Å². The molecule has 0 fully saturated rings. The maximum atomic E-state index is 12.2. The number of sulfonamides is 1. The molecule has 0 atom stereocenters. The first-order valence-corrected chi connectivity index (χ1v) is 8.37. The van der Waals surface area contributed by atoms with Gasteiger partial charge in [-0.15, -0.1) is 0 Å². The lowest BCUT2D eigenvalue weighted by molar-refractivity contribution is -0.385. The number of hydrogen-bond acceptors (Lipinski definition) is 5. The summed E-state index contributed by atoms with van der Waals surface area (Å²) in [6.07, 6.45) is 1.27. The molecule has 0 aliphatic carbocycles. The van der Waals surface area contributed by atoms with Gasteiger partial charge in [0.1, 0.15) is 4.90 Å². The Bertz CT molecular complexity index is 673. The van der Waals surface area contributed by atoms with Crippen molar-refractivity contribution in [3.05, 3.63) is 33.9 Å². The quantitative estimate of drug-likeness (QED) is 0.345. The summed E-state index contributed by atoms with van der Waals surface area (Å²) in [6.45, 7) is 0.0786. The minimum absolute atomic E-state index is 0.00515. The predicted molar refractivity (Wildman–Crippen MR) is 74.3 cm³/mol. The molecule has 108 valence electrons. The van der Waals surface area contributed by atoms with Crippen LogP contribution in [-0.4, -0.2) is 35.4 Å². The Morgan fingerprint density at radius 2 is 2.00 bits per heavy atom. The van der Waals surface area contributed by atoms with E-state index in [2.05, 4.69) is 15.9 Å². The normalized spacial score (nSPS) is 16.2. The maximum Gasteiger partial charge on any atom is 0.270 e. The van der Waals surface area contributed by atoms with Crippen molar-refractivity contribution in [1.29, 1.82) is 0 Å². The molecule has 0 spiro atoms. The molecule has 0 unspecified atom stereocenters. The van der Waals surface area contributed by atoms with Crippen molar-refractivity contribution in [2.45, 2.75) is 17.7 Å². The molecule has 0 N–H and O–H groups in total. The number of nitro benzene ring substituents is 1. The fourth-order valence-electron chi connectivity index (χ4n) is 1.95. The van der Waals surface area contributed by atoms with Gasteiger partial charge in [0.05, 0.1) is 10.5 Å². The molecule has 0 radical (unpaired) electrons. The summed E-state index contributed by atoms with van der Waals surface area (Å²) in [5, 5.41) is 11.4. The van der Waals surface area contributed by atoms with Gasteiger partial charge in [0.2, 0.25) is 0 Å². The number of nitro groups is 1. The van der Waals surface area contributed by atoms with E-state index in [0.717, 1.165) is 22.9 Å². The Morgan fingerprint density at radius 1 is 1.30 bits per heavy atom. The topological polar surface area (TPSA) is 97.6 Å². The van der Waals surface area contributed by atoms with Crippen molar-refractivity contribution in [3.63, 3.8) is 0 Å². The first-order valence-electron chi connectivity index (χ1n) is 5.81. The molecular weight excluding hydrogens is 352 g/mol. The first-order chi connectivity index (χ1) is 9.39. The van der Waals surface area contributed by atoms with Crippen LogP contribution >= 0.6 is 15.9 Å². The highest BCUT2D eigenvalue weighted by Gasteiger charge is 2.41. The van der Waals surface area contributed by atoms with E-state index in [0.29, 0.717) is 11.8 Å². The number of fused-ring (bicyclic) bond motifs is 1. The molecule has 0 saturated carbocycles. The van der Waals surface area contributed by atoms with Gasteiger partial charge in [0.15, 0.2) is 0 Å². The molecule has 0 bridgehead atoms. The fourth-order valence-corrected chi connectivity index (χ4v) is 3.97. The smallest absolute Gasteiger partial charge is 0.268 e. The van der Waals surface area contributed by atoms with Crippen LogP contribution in [0.2, 0.25) is 0 Å². The second-order valence-corrected chi connectivity index (χ2v) is 6.84. The maximum absolute atomic E-state index is 12.2. The van der Waals surface area contributed by atoms with Crippen molar-refractivity contribution < 1.29 is 18.1 Å². The second kappa shape index (κ2) is 5.49. The highest BCUT2D eigenvalue weighted by atomic mass is 79.9. The third-order valence-electron chi connectivity index (χ3n) is 2.95. The minimum Gasteiger partial charge on any atom is -0.268 e. The largest absolute Gasteiger partial charge is 0.270 e. The molecule has 1 aliphatic rings. The van der Waals surface area contributed by atoms with Crippen LogP contribution in [0.25, 0.3) is 0 Å². The Morgan fingerprint density at radius 3 is 2.60 bits per heavy atom. The summed E-state index contributed by atoms with van der Waals surface area (Å²) in [7, 11) is -3.97. The number of unbranched alkanes of at least 4 members (excludes halogenated alkanes) is 1. The number of halogens is 1. The van der Waals surface area contributed by atoms with Crippen LogP contribution in [0, 0.1) is 10.1 Å². The average molecular weight is 363 g/mol. The molecule has 1 aromatic carbocycles. The summed E-state index contributed by atoms with van der Waals surface area (Å²) in [6, 6.07) is 3.26. The van der Waals surface area contributed by atoms with Crippen molar-refractivity contribution >= 4 is 37.5 Å². The van der Waals surface area contributed by atoms with E-state index in [4.69, 9.17) is 0 Å². The van der Waals surface area contributed by atoms with E-state index in [1.807, 2.05) is 0 Å². The van der Waals surface area contributed by atoms with E-state index in [1.54, 1.807) is 0 Å². The molecule has 9 heteroatoms. The van der Waals surface area contributed by atoms with Gasteiger partial charge < -0.3 is 0 Å². The highest BCUT2D eigenvalue weighted by Crippen LogP contribution is 2.33. The van der Waals surface area contributed by atoms with Crippen LogP contribution in [0.5, 0.6) is 0 Å². The van der Waals surface area contributed by atoms with Crippen molar-refractivity contribution in [2.24, 2.45) is 0 Å². The first kappa shape index (κ1) is 14.9. The molecule has 0 saturated heterocycles. The number of non-ortho nitro benzene ring substituents is 1. The summed E-state index contributed by atoms with van der Waals surface area (Å²) < 4.78 is 25.3. The number of benzene rings is 1. The number of nitrogens with zero attached hydrogens (tertiary/aromatic N) is 2. The van der Waals surface area contributed by atoms with Gasteiger partial charge in [-0.3, -0.25) is 14.9 Å². The SMILES string of the molecule is O=C1c2ccc([N+](=O)[O-])cc2S(=O)(=O)N1CCCCBr. The molecule has 1 heterocycles. The van der Waals surface area contributed by atoms with E-state index in [-0.39, 0.29) is 22.7 Å². The zero-order valence-corrected chi connectivity index (χ0v) is 12.7. The summed E-state index contributed by atoms with van der Waals surface area (Å²) >= 11 is 3.23. The molecular formula is C11H11BrN2O5S. The molecule has 7 nitrogen and oxygen atoms in total. The van der Waals surface area contributed by atoms with E-state index >= 15 is 0 Å². The molecule has 2 rings (SSSR count). The Kier molecular flexibility index (Phi) is 4.09. The van der Waals surface area contributed by atoms with Gasteiger partial charge >= 0.3 is 0 Å². The van der Waals surface area contributed by atoms with Crippen LogP contribution in [0.1, 0.15) is 23.2 Å². The van der Waals surface area contributed by atoms with Gasteiger partial charge in [-0.05, 0) is 18.9 Å². The van der Waals surface area contributed by atoms with Gasteiger partial charge in [-0.2, -0.15) is 0 Å². The zero-order valence-electron chi connectivity index (χ0n) is 10.3. The lowest BCUT2D eigenvalue weighted by Gasteiger charge is -2.14. The monoisotopic (exact) mass is 362 g/mol. The molecule has 1 amide bonds. The number of carbonyl (C=O) groups excluding carboxylic acids is 1. The van der Waals surface area contributed by atoms with Crippen LogP contribution in [0.4, 0.5) is 5.69 Å². The van der Waals surface area contributed by atoms with Crippen molar-refractivity contribution in [3.8, 4) is 0 Å². The number of hydrogen-bond donors (Lipinski definition) is 0. The van der Waals surface area contributed by atoms with E-state index < -0.39 is 20.9 Å². The molecule has 20 heavy (non-hydrogen) atoms. The zero-order chi connectivity index (χ0) is 14.9. The summed E-state index contributed by atoms with van der Waals surface area (Å²) in [4.78, 5) is 21.8.